The monoisotopic (exact) mass is 252 g/mol. The van der Waals surface area contributed by atoms with Gasteiger partial charge in [0.05, 0.1) is 12.7 Å². The number of methoxy groups -OCH3 is 1. The lowest BCUT2D eigenvalue weighted by atomic mass is 10.1. The predicted molar refractivity (Wildman–Crippen MR) is 69.3 cm³/mol. The molecule has 0 heterocycles. The molecule has 0 radical (unpaired) electrons. The Balaban J connectivity index is 2.48. The van der Waals surface area contributed by atoms with E-state index in [0.29, 0.717) is 13.1 Å². The minimum absolute atomic E-state index is 0.0453. The minimum Gasteiger partial charge on any atom is -0.395 e. The van der Waals surface area contributed by atoms with Crippen molar-refractivity contribution < 1.29 is 14.6 Å². The van der Waals surface area contributed by atoms with Crippen molar-refractivity contribution >= 4 is 6.03 Å². The van der Waals surface area contributed by atoms with Gasteiger partial charge >= 0.3 is 6.03 Å². The summed E-state index contributed by atoms with van der Waals surface area (Å²) in [5.41, 5.74) is 1.02. The summed E-state index contributed by atoms with van der Waals surface area (Å²) in [6.07, 6.45) is -0.169. The first kappa shape index (κ1) is 14.5. The van der Waals surface area contributed by atoms with Gasteiger partial charge in [0.25, 0.3) is 0 Å². The van der Waals surface area contributed by atoms with Crippen molar-refractivity contribution in [1.82, 2.24) is 10.2 Å². The zero-order valence-corrected chi connectivity index (χ0v) is 10.8. The van der Waals surface area contributed by atoms with Gasteiger partial charge in [0.1, 0.15) is 0 Å². The van der Waals surface area contributed by atoms with Crippen LogP contribution in [0.3, 0.4) is 0 Å². The lowest BCUT2D eigenvalue weighted by Gasteiger charge is -2.20. The highest BCUT2D eigenvalue weighted by atomic mass is 16.5. The molecule has 0 bridgehead atoms. The van der Waals surface area contributed by atoms with Gasteiger partial charge in [-0.25, -0.2) is 4.79 Å². The number of urea groups is 1. The number of amides is 2. The number of likely N-dealkylation sites (N-methyl/N-ethyl adjacent to an activating group) is 1. The Kier molecular flexibility index (Phi) is 6.18. The Labute approximate surface area is 107 Å². The van der Waals surface area contributed by atoms with Crippen molar-refractivity contribution in [2.45, 2.75) is 6.10 Å². The first-order valence-electron chi connectivity index (χ1n) is 5.86. The molecule has 0 aliphatic heterocycles. The molecular formula is C13H20N2O3. The molecule has 1 rings (SSSR count). The Morgan fingerprint density at radius 3 is 2.67 bits per heavy atom. The molecule has 2 amide bonds. The van der Waals surface area contributed by atoms with E-state index in [4.69, 9.17) is 9.84 Å². The van der Waals surface area contributed by atoms with E-state index in [1.165, 1.54) is 4.90 Å². The number of benzene rings is 1. The molecule has 0 spiro atoms. The number of aliphatic hydroxyl groups is 1. The second-order valence-corrected chi connectivity index (χ2v) is 3.97. The fourth-order valence-electron chi connectivity index (χ4n) is 1.57. The van der Waals surface area contributed by atoms with Gasteiger partial charge in [-0.2, -0.15) is 0 Å². The number of nitrogens with one attached hydrogen (secondary N) is 1. The third-order valence-electron chi connectivity index (χ3n) is 2.68. The number of ether oxygens (including phenoxy) is 1. The fourth-order valence-corrected chi connectivity index (χ4v) is 1.57. The molecule has 0 aromatic heterocycles. The molecule has 100 valence electrons. The molecule has 1 atom stereocenters. The number of carbonyl (C=O) groups excluding carboxylic acids is 1. The van der Waals surface area contributed by atoms with E-state index in [1.54, 1.807) is 14.2 Å². The van der Waals surface area contributed by atoms with Crippen LogP contribution < -0.4 is 5.32 Å². The summed E-state index contributed by atoms with van der Waals surface area (Å²) in [6.45, 7) is 0.667. The van der Waals surface area contributed by atoms with E-state index in [2.05, 4.69) is 5.32 Å². The van der Waals surface area contributed by atoms with Gasteiger partial charge < -0.3 is 20.1 Å². The molecule has 2 N–H and O–H groups in total. The van der Waals surface area contributed by atoms with Crippen LogP contribution >= 0.6 is 0 Å². The van der Waals surface area contributed by atoms with Gasteiger partial charge in [-0.15, -0.1) is 0 Å². The Morgan fingerprint density at radius 2 is 2.11 bits per heavy atom. The molecule has 0 aliphatic carbocycles. The molecule has 0 fully saturated rings. The van der Waals surface area contributed by atoms with E-state index in [-0.39, 0.29) is 18.7 Å². The minimum atomic E-state index is -0.220. The van der Waals surface area contributed by atoms with Crippen molar-refractivity contribution in [3.05, 3.63) is 35.9 Å². The van der Waals surface area contributed by atoms with Crippen LogP contribution in [0.5, 0.6) is 0 Å². The van der Waals surface area contributed by atoms with Crippen molar-refractivity contribution in [2.75, 3.05) is 33.9 Å². The first-order valence-corrected chi connectivity index (χ1v) is 5.86. The summed E-state index contributed by atoms with van der Waals surface area (Å²) in [4.78, 5) is 13.1. The third-order valence-corrected chi connectivity index (χ3v) is 2.68. The molecule has 1 aromatic carbocycles. The highest BCUT2D eigenvalue weighted by Crippen LogP contribution is 2.14. The Morgan fingerprint density at radius 1 is 1.44 bits per heavy atom. The van der Waals surface area contributed by atoms with Crippen molar-refractivity contribution in [2.24, 2.45) is 0 Å². The van der Waals surface area contributed by atoms with Crippen LogP contribution in [0, 0.1) is 0 Å². The number of nitrogens with zero attached hydrogens (tertiary/aromatic N) is 1. The largest absolute Gasteiger partial charge is 0.395 e. The predicted octanol–water partition coefficient (Wildman–Crippen LogP) is 1.01. The number of hydrogen-bond donors (Lipinski definition) is 2. The molecule has 1 unspecified atom stereocenters. The van der Waals surface area contributed by atoms with Crippen molar-refractivity contribution in [3.8, 4) is 0 Å². The smallest absolute Gasteiger partial charge is 0.317 e. The van der Waals surface area contributed by atoms with Crippen LogP contribution in [0.2, 0.25) is 0 Å². The second-order valence-electron chi connectivity index (χ2n) is 3.97. The average Bonchev–Trinajstić information content (AvgIpc) is 2.40. The summed E-state index contributed by atoms with van der Waals surface area (Å²) < 4.78 is 5.34. The molecule has 5 heteroatoms. The Hall–Kier alpha value is -1.59. The van der Waals surface area contributed by atoms with Crippen LogP contribution in [-0.4, -0.2) is 49.9 Å². The molecular weight excluding hydrogens is 232 g/mol. The summed E-state index contributed by atoms with van der Waals surface area (Å²) in [7, 11) is 3.25. The van der Waals surface area contributed by atoms with E-state index in [9.17, 15) is 4.79 Å². The average molecular weight is 252 g/mol. The second kappa shape index (κ2) is 7.68. The topological polar surface area (TPSA) is 61.8 Å². The van der Waals surface area contributed by atoms with Crippen LogP contribution in [0.25, 0.3) is 0 Å². The zero-order chi connectivity index (χ0) is 13.4. The molecule has 5 nitrogen and oxygen atoms in total. The van der Waals surface area contributed by atoms with Crippen LogP contribution in [-0.2, 0) is 4.74 Å². The molecule has 0 aliphatic rings. The van der Waals surface area contributed by atoms with Gasteiger partial charge in [-0.1, -0.05) is 30.3 Å². The summed E-state index contributed by atoms with van der Waals surface area (Å²) in [5, 5.41) is 11.5. The normalized spacial score (nSPS) is 11.9. The lowest BCUT2D eigenvalue weighted by molar-refractivity contribution is 0.101. The summed E-state index contributed by atoms with van der Waals surface area (Å²) in [6, 6.07) is 9.49. The highest BCUT2D eigenvalue weighted by molar-refractivity contribution is 5.73. The molecule has 0 saturated carbocycles. The number of aliphatic hydroxyl groups excluding tert-OH is 1. The van der Waals surface area contributed by atoms with Crippen molar-refractivity contribution in [1.29, 1.82) is 0 Å². The van der Waals surface area contributed by atoms with Gasteiger partial charge in [0.15, 0.2) is 0 Å². The molecule has 0 saturated heterocycles. The SMILES string of the molecule is COC(CNC(=O)N(C)CCO)c1ccccc1. The van der Waals surface area contributed by atoms with Crippen LogP contribution in [0.1, 0.15) is 11.7 Å². The summed E-state index contributed by atoms with van der Waals surface area (Å²) in [5.74, 6) is 0. The third kappa shape index (κ3) is 4.35. The van der Waals surface area contributed by atoms with Crippen LogP contribution in [0.15, 0.2) is 30.3 Å². The fraction of sp³-hybridized carbons (Fsp3) is 0.462. The number of carbonyl (C=O) groups is 1. The van der Waals surface area contributed by atoms with E-state index in [0.717, 1.165) is 5.56 Å². The van der Waals surface area contributed by atoms with Crippen LogP contribution in [0.4, 0.5) is 4.79 Å². The number of rotatable bonds is 6. The Bertz CT molecular complexity index is 357. The number of hydrogen-bond acceptors (Lipinski definition) is 3. The molecule has 1 aromatic rings. The maximum absolute atomic E-state index is 11.6. The summed E-state index contributed by atoms with van der Waals surface area (Å²) >= 11 is 0. The standard InChI is InChI=1S/C13H20N2O3/c1-15(8-9-16)13(17)14-10-12(18-2)11-6-4-3-5-7-11/h3-7,12,16H,8-10H2,1-2H3,(H,14,17). The van der Waals surface area contributed by atoms with E-state index >= 15 is 0 Å². The quantitative estimate of drug-likeness (QED) is 0.794. The highest BCUT2D eigenvalue weighted by Gasteiger charge is 2.13. The molecule has 18 heavy (non-hydrogen) atoms. The van der Waals surface area contributed by atoms with Gasteiger partial charge in [0, 0.05) is 27.2 Å². The van der Waals surface area contributed by atoms with E-state index in [1.807, 2.05) is 30.3 Å². The zero-order valence-electron chi connectivity index (χ0n) is 10.8. The van der Waals surface area contributed by atoms with Gasteiger partial charge in [0.2, 0.25) is 0 Å². The van der Waals surface area contributed by atoms with Crippen molar-refractivity contribution in [3.63, 3.8) is 0 Å². The van der Waals surface area contributed by atoms with Gasteiger partial charge in [-0.3, -0.25) is 0 Å². The lowest BCUT2D eigenvalue weighted by Crippen LogP contribution is -2.40. The first-order chi connectivity index (χ1) is 8.69. The maximum Gasteiger partial charge on any atom is 0.317 e. The van der Waals surface area contributed by atoms with Gasteiger partial charge in [-0.05, 0) is 5.56 Å². The van der Waals surface area contributed by atoms with E-state index < -0.39 is 0 Å². The maximum atomic E-state index is 11.6.